The van der Waals surface area contributed by atoms with Crippen LogP contribution < -0.4 is 0 Å². The summed E-state index contributed by atoms with van der Waals surface area (Å²) >= 11 is 0. The topological polar surface area (TPSA) is 38.7 Å². The molecule has 1 N–H and O–H groups in total. The van der Waals surface area contributed by atoms with Crippen LogP contribution in [0.4, 0.5) is 0 Å². The molecule has 1 aliphatic rings. The van der Waals surface area contributed by atoms with Gasteiger partial charge in [0.15, 0.2) is 8.32 Å². The summed E-state index contributed by atoms with van der Waals surface area (Å²) in [6, 6.07) is 10.2. The predicted octanol–water partition coefficient (Wildman–Crippen LogP) is 4.36. The monoisotopic (exact) mass is 336 g/mol. The molecular formula is C19H32O3Si. The minimum atomic E-state index is -1.81. The Morgan fingerprint density at radius 1 is 1.13 bits per heavy atom. The van der Waals surface area contributed by atoms with Crippen molar-refractivity contribution in [3.63, 3.8) is 0 Å². The molecule has 1 aromatic rings. The zero-order chi connectivity index (χ0) is 17.1. The first-order valence-corrected chi connectivity index (χ1v) is 11.6. The molecule has 0 unspecified atom stereocenters. The van der Waals surface area contributed by atoms with Gasteiger partial charge in [-0.3, -0.25) is 0 Å². The Hall–Kier alpha value is -0.683. The van der Waals surface area contributed by atoms with Gasteiger partial charge in [-0.2, -0.15) is 0 Å². The molecule has 1 saturated carbocycles. The number of aliphatic hydroxyl groups is 1. The van der Waals surface area contributed by atoms with Gasteiger partial charge >= 0.3 is 0 Å². The van der Waals surface area contributed by atoms with E-state index >= 15 is 0 Å². The first-order chi connectivity index (χ1) is 10.7. The second-order valence-corrected chi connectivity index (χ2v) is 13.1. The van der Waals surface area contributed by atoms with Gasteiger partial charge in [-0.05, 0) is 36.5 Å². The van der Waals surface area contributed by atoms with Crippen LogP contribution in [0.15, 0.2) is 30.3 Å². The molecule has 1 fully saturated rings. The van der Waals surface area contributed by atoms with Gasteiger partial charge in [-0.25, -0.2) is 0 Å². The molecule has 1 aromatic carbocycles. The van der Waals surface area contributed by atoms with Crippen LogP contribution in [0.25, 0.3) is 0 Å². The van der Waals surface area contributed by atoms with E-state index in [-0.39, 0.29) is 17.2 Å². The van der Waals surface area contributed by atoms with E-state index < -0.39 is 8.32 Å². The van der Waals surface area contributed by atoms with E-state index in [1.165, 1.54) is 5.56 Å². The third-order valence-electron chi connectivity index (χ3n) is 5.30. The van der Waals surface area contributed by atoms with Crippen LogP contribution in [0.2, 0.25) is 18.1 Å². The number of benzene rings is 1. The van der Waals surface area contributed by atoms with E-state index in [0.29, 0.717) is 19.1 Å². The van der Waals surface area contributed by atoms with Crippen LogP contribution in [0.3, 0.4) is 0 Å². The minimum absolute atomic E-state index is 0.127. The zero-order valence-corrected chi connectivity index (χ0v) is 16.2. The lowest BCUT2D eigenvalue weighted by Crippen LogP contribution is -2.45. The summed E-state index contributed by atoms with van der Waals surface area (Å²) in [5.74, 6) is 0.294. The highest BCUT2D eigenvalue weighted by Crippen LogP contribution is 2.41. The average Bonchev–Trinajstić information content (AvgIpc) is 2.78. The Kier molecular flexibility index (Phi) is 6.06. The average molecular weight is 337 g/mol. The normalized spacial score (nSPS) is 25.7. The van der Waals surface area contributed by atoms with Gasteiger partial charge in [0.05, 0.1) is 25.4 Å². The van der Waals surface area contributed by atoms with Crippen molar-refractivity contribution in [3.8, 4) is 0 Å². The molecule has 0 bridgehead atoms. The molecule has 0 spiro atoms. The summed E-state index contributed by atoms with van der Waals surface area (Å²) in [5.41, 5.74) is 1.19. The molecule has 0 heterocycles. The molecule has 3 atom stereocenters. The summed E-state index contributed by atoms with van der Waals surface area (Å²) < 4.78 is 12.5. The number of rotatable bonds is 6. The van der Waals surface area contributed by atoms with Crippen molar-refractivity contribution < 1.29 is 14.3 Å². The quantitative estimate of drug-likeness (QED) is 0.784. The maximum atomic E-state index is 10.1. The first-order valence-electron chi connectivity index (χ1n) is 8.66. The molecule has 0 aromatic heterocycles. The first kappa shape index (κ1) is 18.7. The van der Waals surface area contributed by atoms with Crippen LogP contribution >= 0.6 is 0 Å². The highest BCUT2D eigenvalue weighted by Gasteiger charge is 2.43. The molecule has 1 aliphatic carbocycles. The van der Waals surface area contributed by atoms with Gasteiger partial charge in [0.25, 0.3) is 0 Å². The molecule has 0 amide bonds. The number of aliphatic hydroxyl groups excluding tert-OH is 1. The van der Waals surface area contributed by atoms with Crippen molar-refractivity contribution in [1.29, 1.82) is 0 Å². The molecule has 2 rings (SSSR count). The van der Waals surface area contributed by atoms with Crippen LogP contribution in [0, 0.1) is 5.92 Å². The molecule has 130 valence electrons. The van der Waals surface area contributed by atoms with Crippen LogP contribution in [0.1, 0.15) is 39.2 Å². The van der Waals surface area contributed by atoms with E-state index in [9.17, 15) is 5.11 Å². The third kappa shape index (κ3) is 5.15. The maximum absolute atomic E-state index is 10.1. The van der Waals surface area contributed by atoms with Gasteiger partial charge < -0.3 is 14.3 Å². The Balaban J connectivity index is 1.89. The molecule has 0 aliphatic heterocycles. The Bertz CT molecular complexity index is 481. The summed E-state index contributed by atoms with van der Waals surface area (Å²) in [5, 5.41) is 10.3. The second kappa shape index (κ2) is 7.47. The van der Waals surface area contributed by atoms with Crippen molar-refractivity contribution in [1.82, 2.24) is 0 Å². The fourth-order valence-electron chi connectivity index (χ4n) is 2.84. The van der Waals surface area contributed by atoms with Gasteiger partial charge in [0.1, 0.15) is 0 Å². The highest BCUT2D eigenvalue weighted by atomic mass is 28.4. The summed E-state index contributed by atoms with van der Waals surface area (Å²) in [6.45, 7) is 12.6. The Morgan fingerprint density at radius 2 is 1.78 bits per heavy atom. The number of ether oxygens (including phenoxy) is 1. The van der Waals surface area contributed by atoms with E-state index in [1.54, 1.807) is 0 Å². The van der Waals surface area contributed by atoms with Gasteiger partial charge in [-0.15, -0.1) is 0 Å². The van der Waals surface area contributed by atoms with Crippen molar-refractivity contribution in [2.24, 2.45) is 5.92 Å². The fourth-order valence-corrected chi connectivity index (χ4v) is 4.23. The zero-order valence-electron chi connectivity index (χ0n) is 15.2. The third-order valence-corrected chi connectivity index (χ3v) is 9.81. The van der Waals surface area contributed by atoms with Crippen LogP contribution in [-0.2, 0) is 15.8 Å². The van der Waals surface area contributed by atoms with Crippen molar-refractivity contribution in [2.45, 2.75) is 70.6 Å². The Labute approximate surface area is 142 Å². The maximum Gasteiger partial charge on any atom is 0.192 e. The Morgan fingerprint density at radius 3 is 2.39 bits per heavy atom. The van der Waals surface area contributed by atoms with Crippen molar-refractivity contribution >= 4 is 8.32 Å². The summed E-state index contributed by atoms with van der Waals surface area (Å²) in [4.78, 5) is 0. The summed E-state index contributed by atoms with van der Waals surface area (Å²) in [7, 11) is -1.81. The van der Waals surface area contributed by atoms with Gasteiger partial charge in [0, 0.05) is 5.92 Å². The molecule has 0 saturated heterocycles. The van der Waals surface area contributed by atoms with Crippen molar-refractivity contribution in [2.75, 3.05) is 6.61 Å². The lowest BCUT2D eigenvalue weighted by Gasteiger charge is -2.39. The molecular weight excluding hydrogens is 304 g/mol. The van der Waals surface area contributed by atoms with E-state index in [4.69, 9.17) is 9.16 Å². The smallest absolute Gasteiger partial charge is 0.192 e. The molecule has 23 heavy (non-hydrogen) atoms. The lowest BCUT2D eigenvalue weighted by atomic mass is 10.1. The van der Waals surface area contributed by atoms with Crippen LogP contribution in [0.5, 0.6) is 0 Å². The minimum Gasteiger partial charge on any atom is -0.413 e. The summed E-state index contributed by atoms with van der Waals surface area (Å²) in [6.07, 6.45) is 1.40. The van der Waals surface area contributed by atoms with E-state index in [2.05, 4.69) is 46.0 Å². The fraction of sp³-hybridized carbons (Fsp3) is 0.684. The second-order valence-electron chi connectivity index (χ2n) is 8.30. The molecule has 3 nitrogen and oxygen atoms in total. The van der Waals surface area contributed by atoms with Gasteiger partial charge in [0.2, 0.25) is 0 Å². The van der Waals surface area contributed by atoms with E-state index in [1.807, 2.05) is 18.2 Å². The SMILES string of the molecule is CC(C)(C)[Si](C)(C)O[C@H]1C[C@@H](O)C[C@@H]1COCc1ccccc1. The molecule has 4 heteroatoms. The van der Waals surface area contributed by atoms with Crippen molar-refractivity contribution in [3.05, 3.63) is 35.9 Å². The standard InChI is InChI=1S/C19H32O3Si/c1-19(2,3)23(4,5)22-18-12-17(20)11-16(18)14-21-13-15-9-7-6-8-10-15/h6-10,16-18,20H,11-14H2,1-5H3/t16-,17+,18+/m1/s1. The van der Waals surface area contributed by atoms with E-state index in [0.717, 1.165) is 12.8 Å². The highest BCUT2D eigenvalue weighted by molar-refractivity contribution is 6.74. The predicted molar refractivity (Wildman–Crippen MR) is 96.9 cm³/mol. The molecule has 0 radical (unpaired) electrons. The van der Waals surface area contributed by atoms with Crippen LogP contribution in [-0.4, -0.2) is 32.2 Å². The lowest BCUT2D eigenvalue weighted by molar-refractivity contribution is 0.0411. The largest absolute Gasteiger partial charge is 0.413 e. The number of hydrogen-bond donors (Lipinski definition) is 1. The van der Waals surface area contributed by atoms with Gasteiger partial charge in [-0.1, -0.05) is 51.1 Å². The number of hydrogen-bond acceptors (Lipinski definition) is 3.